The molecule has 0 fully saturated rings. The van der Waals surface area contributed by atoms with Crippen LogP contribution < -0.4 is 5.32 Å². The maximum atomic E-state index is 13.6. The van der Waals surface area contributed by atoms with Gasteiger partial charge in [0.25, 0.3) is 5.69 Å². The third-order valence-electron chi connectivity index (χ3n) is 6.17. The van der Waals surface area contributed by atoms with Gasteiger partial charge in [0.2, 0.25) is 0 Å². The lowest BCUT2D eigenvalue weighted by atomic mass is 9.85. The molecule has 1 heterocycles. The number of nitro groups is 1. The molecule has 198 valence electrons. The van der Waals surface area contributed by atoms with Crippen LogP contribution in [0.2, 0.25) is 0 Å². The van der Waals surface area contributed by atoms with Crippen molar-refractivity contribution in [2.24, 2.45) is 0 Å². The van der Waals surface area contributed by atoms with Gasteiger partial charge in [0, 0.05) is 50.3 Å². The first kappa shape index (κ1) is 28.3. The number of likely N-dealkylation sites (N-methyl/N-ethyl adjacent to an activating group) is 1. The van der Waals surface area contributed by atoms with Gasteiger partial charge in [-0.2, -0.15) is 0 Å². The molecule has 37 heavy (non-hydrogen) atoms. The van der Waals surface area contributed by atoms with Crippen molar-refractivity contribution in [3.05, 3.63) is 98.1 Å². The van der Waals surface area contributed by atoms with Crippen LogP contribution in [0.4, 0.5) is 5.69 Å². The number of ether oxygens (including phenoxy) is 1. The van der Waals surface area contributed by atoms with Gasteiger partial charge in [-0.25, -0.2) is 4.79 Å². The second-order valence-electron chi connectivity index (χ2n) is 8.64. The number of carbonyl (C=O) groups is 1. The highest BCUT2D eigenvalue weighted by molar-refractivity contribution is 7.58. The van der Waals surface area contributed by atoms with Crippen LogP contribution in [0, 0.1) is 10.1 Å². The van der Waals surface area contributed by atoms with Crippen molar-refractivity contribution >= 4 is 19.3 Å². The topological polar surface area (TPSA) is 120 Å². The van der Waals surface area contributed by atoms with Gasteiger partial charge in [-0.1, -0.05) is 48.5 Å². The van der Waals surface area contributed by atoms with Crippen molar-refractivity contribution in [1.29, 1.82) is 0 Å². The zero-order valence-electron chi connectivity index (χ0n) is 21.6. The van der Waals surface area contributed by atoms with Gasteiger partial charge in [0.15, 0.2) is 0 Å². The molecule has 11 heteroatoms. The third-order valence-corrected chi connectivity index (χ3v) is 8.31. The molecule has 2 aromatic carbocycles. The van der Waals surface area contributed by atoms with E-state index in [9.17, 15) is 19.5 Å². The summed E-state index contributed by atoms with van der Waals surface area (Å²) in [6.45, 7) is 4.56. The molecule has 0 saturated carbocycles. The zero-order valence-corrected chi connectivity index (χ0v) is 22.5. The van der Waals surface area contributed by atoms with Crippen molar-refractivity contribution in [3.8, 4) is 0 Å². The number of allylic oxidation sites excluding steroid dienone is 3. The predicted octanol–water partition coefficient (Wildman–Crippen LogP) is 4.95. The highest BCUT2D eigenvalue weighted by Crippen LogP contribution is 2.63. The van der Waals surface area contributed by atoms with E-state index in [0.29, 0.717) is 24.5 Å². The summed E-state index contributed by atoms with van der Waals surface area (Å²) in [4.78, 5) is 26.8. The first-order valence-electron chi connectivity index (χ1n) is 11.7. The Bertz CT molecular complexity index is 1250. The number of benzene rings is 2. The second kappa shape index (κ2) is 12.3. The van der Waals surface area contributed by atoms with E-state index in [2.05, 4.69) is 5.32 Å². The van der Waals surface area contributed by atoms with Gasteiger partial charge < -0.3 is 19.1 Å². The Morgan fingerprint density at radius 3 is 2.30 bits per heavy atom. The van der Waals surface area contributed by atoms with Gasteiger partial charge in [0.05, 0.1) is 21.7 Å². The lowest BCUT2D eigenvalue weighted by Gasteiger charge is -2.33. The summed E-state index contributed by atoms with van der Waals surface area (Å²) >= 11 is 0. The maximum absolute atomic E-state index is 13.6. The van der Waals surface area contributed by atoms with Gasteiger partial charge in [0.1, 0.15) is 6.61 Å². The largest absolute Gasteiger partial charge is 0.461 e. The van der Waals surface area contributed by atoms with Gasteiger partial charge >= 0.3 is 13.6 Å². The van der Waals surface area contributed by atoms with Gasteiger partial charge in [-0.05, 0) is 26.5 Å². The standard InChI is InChI=1S/C26H32N3O7P/c1-18-23(26(30)36-16-15-28(3)17-20-11-7-6-8-12-20)24(21-13-9-10-14-22(21)29(31)32)25(19(2)27-18)37(33,34-4)35-5/h6-14,24,27H,15-17H2,1-5H3. The molecule has 10 nitrogen and oxygen atoms in total. The average molecular weight is 530 g/mol. The second-order valence-corrected chi connectivity index (χ2v) is 10.9. The summed E-state index contributed by atoms with van der Waals surface area (Å²) in [6, 6.07) is 15.9. The summed E-state index contributed by atoms with van der Waals surface area (Å²) in [5.74, 6) is -1.76. The minimum absolute atomic E-state index is 0.0901. The number of para-hydroxylation sites is 1. The molecule has 0 radical (unpaired) electrons. The molecule has 1 N–H and O–H groups in total. The van der Waals surface area contributed by atoms with Crippen LogP contribution in [0.3, 0.4) is 0 Å². The van der Waals surface area contributed by atoms with Crippen LogP contribution >= 0.6 is 7.60 Å². The molecule has 1 unspecified atom stereocenters. The number of nitrogens with zero attached hydrogens (tertiary/aromatic N) is 2. The monoisotopic (exact) mass is 529 g/mol. The van der Waals surface area contributed by atoms with E-state index in [1.807, 2.05) is 42.3 Å². The first-order valence-corrected chi connectivity index (χ1v) is 13.2. The Kier molecular flexibility index (Phi) is 9.39. The lowest BCUT2D eigenvalue weighted by molar-refractivity contribution is -0.385. The SMILES string of the molecule is COP(=O)(OC)C1=C(C)NC(C)=C(C(=O)OCCN(C)Cc2ccccc2)C1c1ccccc1[N+](=O)[O-]. The fourth-order valence-corrected chi connectivity index (χ4v) is 6.03. The van der Waals surface area contributed by atoms with E-state index in [4.69, 9.17) is 13.8 Å². The number of nitro benzene ring substituents is 1. The van der Waals surface area contributed by atoms with Crippen LogP contribution in [-0.4, -0.2) is 50.2 Å². The Hall–Kier alpha value is -3.30. The van der Waals surface area contributed by atoms with Crippen molar-refractivity contribution in [2.45, 2.75) is 26.3 Å². The predicted molar refractivity (Wildman–Crippen MR) is 140 cm³/mol. The number of esters is 1. The fraction of sp³-hybridized carbons (Fsp3) is 0.346. The van der Waals surface area contributed by atoms with Gasteiger partial charge in [-0.15, -0.1) is 0 Å². The molecule has 0 amide bonds. The molecular weight excluding hydrogens is 497 g/mol. The van der Waals surface area contributed by atoms with E-state index in [0.717, 1.165) is 5.56 Å². The molecule has 2 aromatic rings. The van der Waals surface area contributed by atoms with E-state index in [1.54, 1.807) is 19.9 Å². The Balaban J connectivity index is 1.94. The highest BCUT2D eigenvalue weighted by Gasteiger charge is 2.45. The van der Waals surface area contributed by atoms with Gasteiger partial charge in [-0.3, -0.25) is 19.6 Å². The number of carbonyl (C=O) groups excluding carboxylic acids is 1. The number of rotatable bonds is 11. The van der Waals surface area contributed by atoms with Crippen LogP contribution in [-0.2, 0) is 29.7 Å². The first-order chi connectivity index (χ1) is 17.6. The number of hydrogen-bond acceptors (Lipinski definition) is 9. The molecule has 1 aliphatic heterocycles. The van der Waals surface area contributed by atoms with Crippen LogP contribution in [0.1, 0.15) is 30.9 Å². The Morgan fingerprint density at radius 1 is 1.05 bits per heavy atom. The maximum Gasteiger partial charge on any atom is 0.359 e. The molecular formula is C26H32N3O7P. The van der Waals surface area contributed by atoms with Crippen molar-refractivity contribution < 1.29 is 28.1 Å². The molecule has 0 spiro atoms. The molecule has 0 saturated heterocycles. The summed E-state index contributed by atoms with van der Waals surface area (Å²) in [5, 5.41) is 15.1. The smallest absolute Gasteiger partial charge is 0.359 e. The molecule has 0 bridgehead atoms. The third kappa shape index (κ3) is 6.34. The van der Waals surface area contributed by atoms with Crippen molar-refractivity contribution in [1.82, 2.24) is 10.2 Å². The quantitative estimate of drug-likeness (QED) is 0.187. The van der Waals surface area contributed by atoms with Crippen LogP contribution in [0.5, 0.6) is 0 Å². The Labute approximate surface area is 216 Å². The van der Waals surface area contributed by atoms with Crippen molar-refractivity contribution in [3.63, 3.8) is 0 Å². The molecule has 1 atom stereocenters. The molecule has 3 rings (SSSR count). The summed E-state index contributed by atoms with van der Waals surface area (Å²) in [6.07, 6.45) is 0. The summed E-state index contributed by atoms with van der Waals surface area (Å²) in [5.41, 5.74) is 2.06. The normalized spacial score (nSPS) is 16.1. The van der Waals surface area contributed by atoms with E-state index < -0.39 is 24.4 Å². The Morgan fingerprint density at radius 2 is 1.68 bits per heavy atom. The fourth-order valence-electron chi connectivity index (χ4n) is 4.43. The lowest BCUT2D eigenvalue weighted by Crippen LogP contribution is -2.31. The minimum Gasteiger partial charge on any atom is -0.461 e. The minimum atomic E-state index is -3.92. The summed E-state index contributed by atoms with van der Waals surface area (Å²) in [7, 11) is 0.452. The zero-order chi connectivity index (χ0) is 27.2. The van der Waals surface area contributed by atoms with Crippen LogP contribution in [0.25, 0.3) is 0 Å². The van der Waals surface area contributed by atoms with Crippen LogP contribution in [0.15, 0.2) is 76.9 Å². The molecule has 0 aromatic heterocycles. The number of dihydropyridines is 1. The van der Waals surface area contributed by atoms with E-state index in [-0.39, 0.29) is 28.7 Å². The van der Waals surface area contributed by atoms with E-state index in [1.165, 1.54) is 32.4 Å². The molecule has 1 aliphatic rings. The summed E-state index contributed by atoms with van der Waals surface area (Å²) < 4.78 is 29.8. The van der Waals surface area contributed by atoms with E-state index >= 15 is 0 Å². The number of hydrogen-bond donors (Lipinski definition) is 1. The highest BCUT2D eigenvalue weighted by atomic mass is 31.2. The molecule has 0 aliphatic carbocycles. The average Bonchev–Trinajstić information content (AvgIpc) is 2.88. The van der Waals surface area contributed by atoms with Crippen molar-refractivity contribution in [2.75, 3.05) is 34.4 Å². The number of nitrogens with one attached hydrogen (secondary N) is 1.